The first-order valence-corrected chi connectivity index (χ1v) is 7.17. The van der Waals surface area contributed by atoms with E-state index in [9.17, 15) is 4.79 Å². The maximum Gasteiger partial charge on any atom is 0.338 e. The average molecular weight is 278 g/mol. The first-order valence-electron chi connectivity index (χ1n) is 7.17. The van der Waals surface area contributed by atoms with Gasteiger partial charge >= 0.3 is 5.97 Å². The number of esters is 1. The second-order valence-corrected chi connectivity index (χ2v) is 5.06. The van der Waals surface area contributed by atoms with Crippen LogP contribution in [0.3, 0.4) is 0 Å². The van der Waals surface area contributed by atoms with Crippen LogP contribution in [0.1, 0.15) is 36.2 Å². The van der Waals surface area contributed by atoms with Gasteiger partial charge in [-0.05, 0) is 32.0 Å². The largest absolute Gasteiger partial charge is 0.465 e. The predicted molar refractivity (Wildman–Crippen MR) is 81.9 cm³/mol. The normalized spacial score (nSPS) is 12.4. The third-order valence-electron chi connectivity index (χ3n) is 3.72. The summed E-state index contributed by atoms with van der Waals surface area (Å²) in [7, 11) is 3.55. The van der Waals surface area contributed by atoms with Gasteiger partial charge in [-0.25, -0.2) is 4.79 Å². The molecule has 4 heteroatoms. The summed E-state index contributed by atoms with van der Waals surface area (Å²) in [6.07, 6.45) is 1.15. The van der Waals surface area contributed by atoms with Crippen molar-refractivity contribution in [3.63, 3.8) is 0 Å². The summed E-state index contributed by atoms with van der Waals surface area (Å²) in [6.45, 7) is 7.00. The Morgan fingerprint density at radius 1 is 1.40 bits per heavy atom. The lowest BCUT2D eigenvalue weighted by Gasteiger charge is -2.23. The van der Waals surface area contributed by atoms with E-state index in [0.717, 1.165) is 25.1 Å². The van der Waals surface area contributed by atoms with Gasteiger partial charge in [0.1, 0.15) is 0 Å². The van der Waals surface area contributed by atoms with Gasteiger partial charge in [0.25, 0.3) is 0 Å². The molecule has 1 N–H and O–H groups in total. The Hall–Kier alpha value is -1.39. The second kappa shape index (κ2) is 8.72. The molecule has 1 rings (SSSR count). The van der Waals surface area contributed by atoms with Crippen molar-refractivity contribution in [3.05, 3.63) is 35.4 Å². The van der Waals surface area contributed by atoms with E-state index in [4.69, 9.17) is 4.74 Å². The number of carbonyl (C=O) groups is 1. The highest BCUT2D eigenvalue weighted by atomic mass is 16.5. The van der Waals surface area contributed by atoms with Crippen LogP contribution in [0.5, 0.6) is 0 Å². The smallest absolute Gasteiger partial charge is 0.338 e. The molecule has 1 atom stereocenters. The highest BCUT2D eigenvalue weighted by Gasteiger charge is 2.10. The van der Waals surface area contributed by atoms with E-state index in [2.05, 4.69) is 31.1 Å². The molecule has 0 aliphatic carbocycles. The average Bonchev–Trinajstić information content (AvgIpc) is 2.50. The minimum Gasteiger partial charge on any atom is -0.465 e. The van der Waals surface area contributed by atoms with Crippen LogP contribution in [0.15, 0.2) is 24.3 Å². The Morgan fingerprint density at radius 2 is 2.10 bits per heavy atom. The molecule has 0 amide bonds. The third kappa shape index (κ3) is 4.94. The van der Waals surface area contributed by atoms with E-state index >= 15 is 0 Å². The number of methoxy groups -OCH3 is 1. The molecule has 0 aliphatic heterocycles. The molecule has 1 unspecified atom stereocenters. The number of nitrogens with zero attached hydrogens (tertiary/aromatic N) is 1. The molecule has 1 aromatic rings. The number of hydrogen-bond acceptors (Lipinski definition) is 4. The Morgan fingerprint density at radius 3 is 2.75 bits per heavy atom. The van der Waals surface area contributed by atoms with Crippen molar-refractivity contribution in [2.24, 2.45) is 0 Å². The molecule has 0 spiro atoms. The van der Waals surface area contributed by atoms with E-state index in [1.165, 1.54) is 7.11 Å². The van der Waals surface area contributed by atoms with Crippen LogP contribution in [-0.2, 0) is 11.3 Å². The fourth-order valence-electron chi connectivity index (χ4n) is 1.99. The Labute approximate surface area is 122 Å². The zero-order valence-corrected chi connectivity index (χ0v) is 13.0. The van der Waals surface area contributed by atoms with Gasteiger partial charge in [0.15, 0.2) is 0 Å². The number of benzene rings is 1. The molecule has 112 valence electrons. The topological polar surface area (TPSA) is 41.6 Å². The van der Waals surface area contributed by atoms with E-state index in [0.29, 0.717) is 18.2 Å². The monoisotopic (exact) mass is 278 g/mol. The molecular weight excluding hydrogens is 252 g/mol. The van der Waals surface area contributed by atoms with Crippen molar-refractivity contribution < 1.29 is 9.53 Å². The van der Waals surface area contributed by atoms with E-state index in [1.54, 1.807) is 6.07 Å². The quantitative estimate of drug-likeness (QED) is 0.585. The van der Waals surface area contributed by atoms with Crippen molar-refractivity contribution in [2.75, 3.05) is 27.2 Å². The highest BCUT2D eigenvalue weighted by Crippen LogP contribution is 2.09. The number of hydrogen-bond donors (Lipinski definition) is 1. The number of rotatable bonds is 8. The van der Waals surface area contributed by atoms with Crippen molar-refractivity contribution in [1.29, 1.82) is 0 Å². The van der Waals surface area contributed by atoms with Gasteiger partial charge in [-0.15, -0.1) is 0 Å². The molecular formula is C16H26N2O2. The summed E-state index contributed by atoms with van der Waals surface area (Å²) in [5, 5.41) is 3.38. The first-order chi connectivity index (χ1) is 9.60. The zero-order valence-electron chi connectivity index (χ0n) is 13.0. The molecule has 0 saturated carbocycles. The van der Waals surface area contributed by atoms with Crippen molar-refractivity contribution >= 4 is 5.97 Å². The van der Waals surface area contributed by atoms with Gasteiger partial charge in [0.05, 0.1) is 12.7 Å². The van der Waals surface area contributed by atoms with Crippen molar-refractivity contribution in [3.8, 4) is 0 Å². The number of carbonyl (C=O) groups excluding carboxylic acids is 1. The predicted octanol–water partition coefficient (Wildman–Crippen LogP) is 2.29. The molecule has 0 aromatic heterocycles. The second-order valence-electron chi connectivity index (χ2n) is 5.06. The Kier molecular flexibility index (Phi) is 7.26. The van der Waals surface area contributed by atoms with Crippen LogP contribution in [-0.4, -0.2) is 44.2 Å². The fourth-order valence-corrected chi connectivity index (χ4v) is 1.99. The molecule has 0 heterocycles. The van der Waals surface area contributed by atoms with Gasteiger partial charge in [-0.3, -0.25) is 0 Å². The Bertz CT molecular complexity index is 421. The third-order valence-corrected chi connectivity index (χ3v) is 3.72. The maximum atomic E-state index is 11.6. The molecule has 0 bridgehead atoms. The summed E-state index contributed by atoms with van der Waals surface area (Å²) in [6, 6.07) is 8.15. The summed E-state index contributed by atoms with van der Waals surface area (Å²) < 4.78 is 4.79. The number of nitrogens with one attached hydrogen (secondary N) is 1. The van der Waals surface area contributed by atoms with E-state index in [-0.39, 0.29) is 5.97 Å². The summed E-state index contributed by atoms with van der Waals surface area (Å²) in [5.41, 5.74) is 1.61. The van der Waals surface area contributed by atoms with Crippen LogP contribution in [0.2, 0.25) is 0 Å². The molecule has 20 heavy (non-hydrogen) atoms. The molecule has 4 nitrogen and oxygen atoms in total. The van der Waals surface area contributed by atoms with Gasteiger partial charge in [-0.2, -0.15) is 0 Å². The maximum absolute atomic E-state index is 11.6. The van der Waals surface area contributed by atoms with Crippen LogP contribution < -0.4 is 5.32 Å². The molecule has 0 radical (unpaired) electrons. The fraction of sp³-hybridized carbons (Fsp3) is 0.562. The van der Waals surface area contributed by atoms with E-state index < -0.39 is 0 Å². The van der Waals surface area contributed by atoms with Gasteiger partial charge in [0, 0.05) is 25.7 Å². The van der Waals surface area contributed by atoms with Crippen LogP contribution in [0.25, 0.3) is 0 Å². The minimum absolute atomic E-state index is 0.279. The van der Waals surface area contributed by atoms with E-state index in [1.807, 2.05) is 18.2 Å². The molecule has 0 saturated heterocycles. The SMILES string of the molecule is CCC(C)N(C)CCNCc1ccccc1C(=O)OC. The molecule has 0 fully saturated rings. The summed E-state index contributed by atoms with van der Waals surface area (Å²) in [5.74, 6) is -0.279. The van der Waals surface area contributed by atoms with Crippen molar-refractivity contribution in [2.45, 2.75) is 32.9 Å². The number of likely N-dealkylation sites (N-methyl/N-ethyl adjacent to an activating group) is 1. The summed E-state index contributed by atoms with van der Waals surface area (Å²) in [4.78, 5) is 14.0. The Balaban J connectivity index is 2.45. The minimum atomic E-state index is -0.279. The lowest BCUT2D eigenvalue weighted by Crippen LogP contribution is -2.35. The van der Waals surface area contributed by atoms with Gasteiger partial charge < -0.3 is 15.0 Å². The summed E-state index contributed by atoms with van der Waals surface area (Å²) >= 11 is 0. The van der Waals surface area contributed by atoms with Gasteiger partial charge in [-0.1, -0.05) is 25.1 Å². The number of ether oxygens (including phenoxy) is 1. The highest BCUT2D eigenvalue weighted by molar-refractivity contribution is 5.90. The van der Waals surface area contributed by atoms with Crippen LogP contribution in [0.4, 0.5) is 0 Å². The first kappa shape index (κ1) is 16.7. The van der Waals surface area contributed by atoms with Crippen LogP contribution >= 0.6 is 0 Å². The molecule has 0 aliphatic rings. The zero-order chi connectivity index (χ0) is 15.0. The van der Waals surface area contributed by atoms with Crippen LogP contribution in [0, 0.1) is 0 Å². The standard InChI is InChI=1S/C16H26N2O2/c1-5-13(2)18(3)11-10-17-12-14-8-6-7-9-15(14)16(19)20-4/h6-9,13,17H,5,10-12H2,1-4H3. The lowest BCUT2D eigenvalue weighted by atomic mass is 10.1. The lowest BCUT2D eigenvalue weighted by molar-refractivity contribution is 0.0599. The van der Waals surface area contributed by atoms with Gasteiger partial charge in [0.2, 0.25) is 0 Å². The molecule has 1 aromatic carbocycles. The van der Waals surface area contributed by atoms with Crippen molar-refractivity contribution in [1.82, 2.24) is 10.2 Å².